The van der Waals surface area contributed by atoms with E-state index in [4.69, 9.17) is 9.94 Å². The molecule has 0 aliphatic heterocycles. The first-order valence-corrected chi connectivity index (χ1v) is 4.70. The first-order chi connectivity index (χ1) is 6.27. The second kappa shape index (κ2) is 5.34. The highest BCUT2D eigenvalue weighted by Gasteiger charge is 2.00. The van der Waals surface area contributed by atoms with Gasteiger partial charge < -0.3 is 9.94 Å². The van der Waals surface area contributed by atoms with Crippen LogP contribution in [0.2, 0.25) is 0 Å². The Morgan fingerprint density at radius 3 is 2.85 bits per heavy atom. The summed E-state index contributed by atoms with van der Waals surface area (Å²) in [6.45, 7) is 1.04. The Morgan fingerprint density at radius 1 is 1.54 bits per heavy atom. The van der Waals surface area contributed by atoms with E-state index in [1.807, 2.05) is 18.2 Å². The van der Waals surface area contributed by atoms with Crippen molar-refractivity contribution < 1.29 is 9.94 Å². The average molecular weight is 246 g/mol. The van der Waals surface area contributed by atoms with E-state index in [-0.39, 0.29) is 0 Å². The predicted molar refractivity (Wildman–Crippen MR) is 53.5 cm³/mol. The van der Waals surface area contributed by atoms with E-state index >= 15 is 0 Å². The van der Waals surface area contributed by atoms with Crippen LogP contribution < -0.4 is 5.48 Å². The largest absolute Gasteiger partial charge is 0.380 e. The number of hydroxylamine groups is 1. The third-order valence-electron chi connectivity index (χ3n) is 1.70. The van der Waals surface area contributed by atoms with Gasteiger partial charge in [-0.2, -0.15) is 0 Å². The number of rotatable bonds is 4. The van der Waals surface area contributed by atoms with Gasteiger partial charge in [-0.25, -0.2) is 5.48 Å². The van der Waals surface area contributed by atoms with E-state index in [1.54, 1.807) is 7.11 Å². The zero-order valence-electron chi connectivity index (χ0n) is 7.38. The lowest BCUT2D eigenvalue weighted by atomic mass is 10.1. The van der Waals surface area contributed by atoms with Gasteiger partial charge in [0.1, 0.15) is 0 Å². The minimum absolute atomic E-state index is 0.450. The lowest BCUT2D eigenvalue weighted by Crippen LogP contribution is -2.06. The van der Waals surface area contributed by atoms with Crippen molar-refractivity contribution in [2.75, 3.05) is 7.11 Å². The summed E-state index contributed by atoms with van der Waals surface area (Å²) in [6, 6.07) is 5.88. The molecule has 0 radical (unpaired) electrons. The van der Waals surface area contributed by atoms with E-state index in [0.717, 1.165) is 15.6 Å². The fourth-order valence-corrected chi connectivity index (χ4v) is 1.61. The van der Waals surface area contributed by atoms with Crippen molar-refractivity contribution >= 4 is 15.9 Å². The van der Waals surface area contributed by atoms with Gasteiger partial charge in [-0.05, 0) is 17.2 Å². The molecular formula is C9H12BrNO2. The minimum Gasteiger partial charge on any atom is -0.380 e. The summed E-state index contributed by atoms with van der Waals surface area (Å²) in [5.74, 6) is 0. The molecule has 0 aliphatic carbocycles. The molecule has 0 saturated heterocycles. The lowest BCUT2D eigenvalue weighted by molar-refractivity contribution is 0.161. The molecule has 0 bridgehead atoms. The Hall–Kier alpha value is -0.420. The van der Waals surface area contributed by atoms with E-state index in [2.05, 4.69) is 21.4 Å². The van der Waals surface area contributed by atoms with E-state index in [0.29, 0.717) is 13.2 Å². The van der Waals surface area contributed by atoms with Gasteiger partial charge in [0.05, 0.1) is 6.61 Å². The molecule has 1 aromatic rings. The summed E-state index contributed by atoms with van der Waals surface area (Å²) in [4.78, 5) is 0. The Labute approximate surface area is 85.8 Å². The molecule has 0 amide bonds. The molecule has 0 fully saturated rings. The topological polar surface area (TPSA) is 41.5 Å². The smallest absolute Gasteiger partial charge is 0.0724 e. The quantitative estimate of drug-likeness (QED) is 0.799. The standard InChI is InChI=1S/C9H12BrNO2/c1-13-6-8-3-2-7(5-11-12)4-9(8)10/h2-4,11-12H,5-6H2,1H3. The Balaban J connectivity index is 2.79. The maximum absolute atomic E-state index is 8.49. The van der Waals surface area contributed by atoms with Gasteiger partial charge in [-0.1, -0.05) is 28.1 Å². The first kappa shape index (κ1) is 10.7. The third kappa shape index (κ3) is 3.08. The molecule has 1 aromatic carbocycles. The first-order valence-electron chi connectivity index (χ1n) is 3.91. The monoisotopic (exact) mass is 245 g/mol. The van der Waals surface area contributed by atoms with E-state index < -0.39 is 0 Å². The van der Waals surface area contributed by atoms with Crippen molar-refractivity contribution in [1.82, 2.24) is 5.48 Å². The molecule has 3 nitrogen and oxygen atoms in total. The van der Waals surface area contributed by atoms with Gasteiger partial charge in [0.2, 0.25) is 0 Å². The molecule has 0 saturated carbocycles. The molecule has 4 heteroatoms. The third-order valence-corrected chi connectivity index (χ3v) is 2.44. The molecule has 72 valence electrons. The van der Waals surface area contributed by atoms with Crippen LogP contribution >= 0.6 is 15.9 Å². The van der Waals surface area contributed by atoms with Crippen molar-refractivity contribution in [3.8, 4) is 0 Å². The number of halogens is 1. The summed E-state index contributed by atoms with van der Waals surface area (Å²) in [5, 5.41) is 8.49. The molecule has 2 N–H and O–H groups in total. The molecule has 0 atom stereocenters. The second-order valence-electron chi connectivity index (χ2n) is 2.69. The maximum atomic E-state index is 8.49. The number of benzene rings is 1. The number of hydrogen-bond acceptors (Lipinski definition) is 3. The Morgan fingerprint density at radius 2 is 2.31 bits per heavy atom. The fraction of sp³-hybridized carbons (Fsp3) is 0.333. The summed E-state index contributed by atoms with van der Waals surface area (Å²) < 4.78 is 6.02. The number of nitrogens with one attached hydrogen (secondary N) is 1. The summed E-state index contributed by atoms with van der Waals surface area (Å²) in [6.07, 6.45) is 0. The predicted octanol–water partition coefficient (Wildman–Crippen LogP) is 2.07. The molecule has 0 heterocycles. The number of methoxy groups -OCH3 is 1. The molecule has 0 unspecified atom stereocenters. The number of ether oxygens (including phenoxy) is 1. The van der Waals surface area contributed by atoms with Crippen LogP contribution in [0.1, 0.15) is 11.1 Å². The van der Waals surface area contributed by atoms with Gasteiger partial charge in [0, 0.05) is 18.1 Å². The van der Waals surface area contributed by atoms with Gasteiger partial charge in [0.25, 0.3) is 0 Å². The van der Waals surface area contributed by atoms with Crippen molar-refractivity contribution in [2.45, 2.75) is 13.2 Å². The fourth-order valence-electron chi connectivity index (χ4n) is 1.06. The van der Waals surface area contributed by atoms with E-state index in [9.17, 15) is 0 Å². The summed E-state index contributed by atoms with van der Waals surface area (Å²) in [7, 11) is 1.66. The van der Waals surface area contributed by atoms with Crippen LogP contribution in [0.4, 0.5) is 0 Å². The number of hydrogen-bond donors (Lipinski definition) is 2. The SMILES string of the molecule is COCc1ccc(CNO)cc1Br. The van der Waals surface area contributed by atoms with Crippen LogP contribution in [0.25, 0.3) is 0 Å². The van der Waals surface area contributed by atoms with Crippen molar-refractivity contribution in [3.63, 3.8) is 0 Å². The van der Waals surface area contributed by atoms with Gasteiger partial charge in [0.15, 0.2) is 0 Å². The van der Waals surface area contributed by atoms with Crippen LogP contribution in [0, 0.1) is 0 Å². The zero-order chi connectivity index (χ0) is 9.68. The Bertz CT molecular complexity index is 278. The Kier molecular flexibility index (Phi) is 4.38. The summed E-state index contributed by atoms with van der Waals surface area (Å²) >= 11 is 3.43. The van der Waals surface area contributed by atoms with Crippen molar-refractivity contribution in [1.29, 1.82) is 0 Å². The minimum atomic E-state index is 0.450. The highest BCUT2D eigenvalue weighted by molar-refractivity contribution is 9.10. The van der Waals surface area contributed by atoms with Crippen LogP contribution in [0.3, 0.4) is 0 Å². The molecular weight excluding hydrogens is 234 g/mol. The molecule has 0 aliphatic rings. The highest BCUT2D eigenvalue weighted by atomic mass is 79.9. The second-order valence-corrected chi connectivity index (χ2v) is 3.55. The van der Waals surface area contributed by atoms with Crippen LogP contribution in [0.5, 0.6) is 0 Å². The lowest BCUT2D eigenvalue weighted by Gasteiger charge is -2.05. The van der Waals surface area contributed by atoms with Crippen molar-refractivity contribution in [3.05, 3.63) is 33.8 Å². The molecule has 0 spiro atoms. The van der Waals surface area contributed by atoms with Crippen molar-refractivity contribution in [2.24, 2.45) is 0 Å². The zero-order valence-corrected chi connectivity index (χ0v) is 8.97. The maximum Gasteiger partial charge on any atom is 0.0724 e. The van der Waals surface area contributed by atoms with Gasteiger partial charge in [-0.15, -0.1) is 0 Å². The van der Waals surface area contributed by atoms with Gasteiger partial charge in [-0.3, -0.25) is 0 Å². The van der Waals surface area contributed by atoms with Crippen LogP contribution in [-0.2, 0) is 17.9 Å². The molecule has 1 rings (SSSR count). The van der Waals surface area contributed by atoms with Crippen LogP contribution in [0.15, 0.2) is 22.7 Å². The average Bonchev–Trinajstić information content (AvgIpc) is 2.10. The highest BCUT2D eigenvalue weighted by Crippen LogP contribution is 2.19. The molecule has 0 aromatic heterocycles. The normalized spacial score (nSPS) is 10.4. The van der Waals surface area contributed by atoms with Crippen LogP contribution in [-0.4, -0.2) is 12.3 Å². The molecule has 13 heavy (non-hydrogen) atoms. The van der Waals surface area contributed by atoms with E-state index in [1.165, 1.54) is 0 Å². The van der Waals surface area contributed by atoms with Gasteiger partial charge >= 0.3 is 0 Å². The summed E-state index contributed by atoms with van der Waals surface area (Å²) in [5.41, 5.74) is 4.23.